The molecule has 7 heteroatoms. The molecule has 1 aromatic heterocycles. The van der Waals surface area contributed by atoms with Gasteiger partial charge in [0.05, 0.1) is 31.2 Å². The van der Waals surface area contributed by atoms with E-state index in [9.17, 15) is 9.59 Å². The standard InChI is InChI=1S/C24H27N3O4/c1-4-14-31-20-12-10-17(15-21(20)30-3)11-13-23(28)27(5-2)16-22-25-19-9-7-6-8-18(19)24(29)26-22/h6-13,15H,4-5,14,16H2,1-3H3,(H,25,26,29)/b13-11+. The van der Waals surface area contributed by atoms with Crippen molar-refractivity contribution in [1.29, 1.82) is 0 Å². The molecule has 0 saturated heterocycles. The first-order chi connectivity index (χ1) is 15.0. The van der Waals surface area contributed by atoms with Crippen molar-refractivity contribution >= 4 is 22.9 Å². The van der Waals surface area contributed by atoms with Gasteiger partial charge >= 0.3 is 0 Å². The summed E-state index contributed by atoms with van der Waals surface area (Å²) in [7, 11) is 1.59. The number of aromatic amines is 1. The minimum atomic E-state index is -0.211. The number of aromatic nitrogens is 2. The number of benzene rings is 2. The number of likely N-dealkylation sites (N-methyl/N-ethyl adjacent to an activating group) is 1. The number of carbonyl (C=O) groups excluding carboxylic acids is 1. The van der Waals surface area contributed by atoms with E-state index in [4.69, 9.17) is 9.47 Å². The van der Waals surface area contributed by atoms with E-state index in [-0.39, 0.29) is 18.0 Å². The number of nitrogens with zero attached hydrogens (tertiary/aromatic N) is 2. The Kier molecular flexibility index (Phi) is 7.43. The summed E-state index contributed by atoms with van der Waals surface area (Å²) < 4.78 is 11.0. The fourth-order valence-corrected chi connectivity index (χ4v) is 3.13. The highest BCUT2D eigenvalue weighted by molar-refractivity contribution is 5.91. The van der Waals surface area contributed by atoms with Gasteiger partial charge in [-0.1, -0.05) is 25.1 Å². The Hall–Kier alpha value is -3.61. The summed E-state index contributed by atoms with van der Waals surface area (Å²) in [6.45, 7) is 5.23. The van der Waals surface area contributed by atoms with E-state index in [0.29, 0.717) is 41.4 Å². The molecule has 3 rings (SSSR count). The van der Waals surface area contributed by atoms with E-state index in [1.54, 1.807) is 36.3 Å². The van der Waals surface area contributed by atoms with Gasteiger partial charge in [0.15, 0.2) is 11.5 Å². The molecule has 0 aliphatic heterocycles. The van der Waals surface area contributed by atoms with E-state index < -0.39 is 0 Å². The van der Waals surface area contributed by atoms with Gasteiger partial charge in [0.2, 0.25) is 5.91 Å². The van der Waals surface area contributed by atoms with E-state index in [0.717, 1.165) is 12.0 Å². The number of methoxy groups -OCH3 is 1. The largest absolute Gasteiger partial charge is 0.493 e. The number of amides is 1. The van der Waals surface area contributed by atoms with E-state index in [1.165, 1.54) is 6.08 Å². The number of hydrogen-bond acceptors (Lipinski definition) is 5. The summed E-state index contributed by atoms with van der Waals surface area (Å²) in [5.41, 5.74) is 1.22. The van der Waals surface area contributed by atoms with Crippen LogP contribution in [0.3, 0.4) is 0 Å². The van der Waals surface area contributed by atoms with Crippen LogP contribution in [0.15, 0.2) is 53.3 Å². The fraction of sp³-hybridized carbons (Fsp3) is 0.292. The molecule has 1 heterocycles. The van der Waals surface area contributed by atoms with Crippen molar-refractivity contribution in [2.24, 2.45) is 0 Å². The Morgan fingerprint density at radius 1 is 1.16 bits per heavy atom. The fourth-order valence-electron chi connectivity index (χ4n) is 3.13. The zero-order valence-corrected chi connectivity index (χ0v) is 18.1. The van der Waals surface area contributed by atoms with Gasteiger partial charge in [-0.2, -0.15) is 0 Å². The summed E-state index contributed by atoms with van der Waals surface area (Å²) in [6, 6.07) is 12.7. The molecule has 3 aromatic rings. The quantitative estimate of drug-likeness (QED) is 0.532. The highest BCUT2D eigenvalue weighted by Crippen LogP contribution is 2.28. The van der Waals surface area contributed by atoms with Gasteiger partial charge in [0.25, 0.3) is 5.56 Å². The van der Waals surface area contributed by atoms with Crippen molar-refractivity contribution in [1.82, 2.24) is 14.9 Å². The third kappa shape index (κ3) is 5.51. The summed E-state index contributed by atoms with van der Waals surface area (Å²) in [5, 5.41) is 0.529. The van der Waals surface area contributed by atoms with Crippen molar-refractivity contribution < 1.29 is 14.3 Å². The molecule has 0 radical (unpaired) electrons. The summed E-state index contributed by atoms with van der Waals surface area (Å²) >= 11 is 0. The SMILES string of the molecule is CCCOc1ccc(/C=C/C(=O)N(CC)Cc2nc3ccccc3c(=O)[nH]2)cc1OC. The maximum Gasteiger partial charge on any atom is 0.258 e. The van der Waals surface area contributed by atoms with Crippen LogP contribution in [-0.4, -0.2) is 41.0 Å². The Labute approximate surface area is 181 Å². The molecule has 0 atom stereocenters. The van der Waals surface area contributed by atoms with Gasteiger partial charge in [-0.25, -0.2) is 4.98 Å². The van der Waals surface area contributed by atoms with Crippen molar-refractivity contribution in [2.75, 3.05) is 20.3 Å². The zero-order chi connectivity index (χ0) is 22.2. The molecular weight excluding hydrogens is 394 g/mol. The van der Waals surface area contributed by atoms with Crippen LogP contribution in [0.25, 0.3) is 17.0 Å². The van der Waals surface area contributed by atoms with Crippen LogP contribution in [-0.2, 0) is 11.3 Å². The molecule has 0 unspecified atom stereocenters. The second kappa shape index (κ2) is 10.4. The second-order valence-electron chi connectivity index (χ2n) is 6.97. The molecule has 31 heavy (non-hydrogen) atoms. The number of nitrogens with one attached hydrogen (secondary N) is 1. The Morgan fingerprint density at radius 3 is 2.71 bits per heavy atom. The minimum Gasteiger partial charge on any atom is -0.493 e. The molecule has 0 aliphatic carbocycles. The molecule has 2 aromatic carbocycles. The van der Waals surface area contributed by atoms with Crippen molar-refractivity contribution in [2.45, 2.75) is 26.8 Å². The highest BCUT2D eigenvalue weighted by atomic mass is 16.5. The van der Waals surface area contributed by atoms with Crippen LogP contribution in [0.1, 0.15) is 31.7 Å². The number of rotatable bonds is 9. The number of fused-ring (bicyclic) bond motifs is 1. The number of hydrogen-bond donors (Lipinski definition) is 1. The van der Waals surface area contributed by atoms with Gasteiger partial charge in [0, 0.05) is 12.6 Å². The van der Waals surface area contributed by atoms with Crippen LogP contribution >= 0.6 is 0 Å². The predicted molar refractivity (Wildman–Crippen MR) is 121 cm³/mol. The molecule has 7 nitrogen and oxygen atoms in total. The highest BCUT2D eigenvalue weighted by Gasteiger charge is 2.12. The minimum absolute atomic E-state index is 0.177. The number of para-hydroxylation sites is 1. The Morgan fingerprint density at radius 2 is 1.97 bits per heavy atom. The normalized spacial score (nSPS) is 11.1. The predicted octanol–water partition coefficient (Wildman–Crippen LogP) is 3.78. The molecule has 0 aliphatic rings. The summed E-state index contributed by atoms with van der Waals surface area (Å²) in [4.78, 5) is 33.8. The topological polar surface area (TPSA) is 84.5 Å². The van der Waals surface area contributed by atoms with Crippen LogP contribution < -0.4 is 15.0 Å². The first-order valence-corrected chi connectivity index (χ1v) is 10.3. The van der Waals surface area contributed by atoms with Crippen LogP contribution in [0.2, 0.25) is 0 Å². The smallest absolute Gasteiger partial charge is 0.258 e. The lowest BCUT2D eigenvalue weighted by Crippen LogP contribution is -2.30. The molecular formula is C24H27N3O4. The summed E-state index contributed by atoms with van der Waals surface area (Å²) in [5.74, 6) is 1.57. The number of carbonyl (C=O) groups is 1. The first kappa shape index (κ1) is 22.1. The van der Waals surface area contributed by atoms with Crippen LogP contribution in [0.5, 0.6) is 11.5 Å². The average molecular weight is 421 g/mol. The lowest BCUT2D eigenvalue weighted by atomic mass is 10.2. The molecule has 0 spiro atoms. The van der Waals surface area contributed by atoms with E-state index in [2.05, 4.69) is 9.97 Å². The molecule has 1 N–H and O–H groups in total. The second-order valence-corrected chi connectivity index (χ2v) is 6.97. The Bertz CT molecular complexity index is 1140. The first-order valence-electron chi connectivity index (χ1n) is 10.3. The van der Waals surface area contributed by atoms with E-state index >= 15 is 0 Å². The third-order valence-corrected chi connectivity index (χ3v) is 4.76. The van der Waals surface area contributed by atoms with Gasteiger partial charge in [-0.3, -0.25) is 9.59 Å². The van der Waals surface area contributed by atoms with Crippen LogP contribution in [0.4, 0.5) is 0 Å². The van der Waals surface area contributed by atoms with Gasteiger partial charge in [-0.15, -0.1) is 0 Å². The maximum atomic E-state index is 12.7. The molecule has 1 amide bonds. The van der Waals surface area contributed by atoms with Crippen molar-refractivity contribution in [3.05, 3.63) is 70.3 Å². The molecule has 0 saturated carbocycles. The maximum absolute atomic E-state index is 12.7. The monoisotopic (exact) mass is 421 g/mol. The van der Waals surface area contributed by atoms with Gasteiger partial charge < -0.3 is 19.4 Å². The number of H-pyrrole nitrogens is 1. The molecule has 0 bridgehead atoms. The number of ether oxygens (including phenoxy) is 2. The van der Waals surface area contributed by atoms with E-state index in [1.807, 2.05) is 38.1 Å². The molecule has 0 fully saturated rings. The lowest BCUT2D eigenvalue weighted by Gasteiger charge is -2.18. The van der Waals surface area contributed by atoms with Gasteiger partial charge in [0.1, 0.15) is 5.82 Å². The van der Waals surface area contributed by atoms with Crippen molar-refractivity contribution in [3.63, 3.8) is 0 Å². The Balaban J connectivity index is 1.74. The third-order valence-electron chi connectivity index (χ3n) is 4.76. The van der Waals surface area contributed by atoms with Crippen LogP contribution in [0, 0.1) is 0 Å². The average Bonchev–Trinajstić information content (AvgIpc) is 2.79. The van der Waals surface area contributed by atoms with Crippen molar-refractivity contribution in [3.8, 4) is 11.5 Å². The van der Waals surface area contributed by atoms with Gasteiger partial charge in [-0.05, 0) is 49.2 Å². The zero-order valence-electron chi connectivity index (χ0n) is 18.1. The molecule has 162 valence electrons. The lowest BCUT2D eigenvalue weighted by molar-refractivity contribution is -0.126. The summed E-state index contributed by atoms with van der Waals surface area (Å²) in [6.07, 6.45) is 4.14.